The van der Waals surface area contributed by atoms with Crippen molar-refractivity contribution in [3.05, 3.63) is 71.5 Å². The van der Waals surface area contributed by atoms with Gasteiger partial charge in [0.15, 0.2) is 0 Å². The Labute approximate surface area is 211 Å². The highest BCUT2D eigenvalue weighted by Gasteiger charge is 2.36. The number of H-pyrrole nitrogens is 1. The van der Waals surface area contributed by atoms with Gasteiger partial charge in [-0.15, -0.1) is 0 Å². The molecule has 9 heteroatoms. The summed E-state index contributed by atoms with van der Waals surface area (Å²) in [4.78, 5) is 31.5. The summed E-state index contributed by atoms with van der Waals surface area (Å²) in [6.45, 7) is 7.17. The molecular formula is C28H27F3N4O2. The van der Waals surface area contributed by atoms with Gasteiger partial charge in [0.25, 0.3) is 11.8 Å². The average Bonchev–Trinajstić information content (AvgIpc) is 3.53. The number of nitrogens with zero attached hydrogens (tertiary/aromatic N) is 2. The molecule has 2 amide bonds. The van der Waals surface area contributed by atoms with Gasteiger partial charge in [-0.05, 0) is 44.3 Å². The standard InChI is InChI=1S/C28H27F3N4O2/c1-3-34(4-2)12-7-13-35-16-21(19-11-10-17(14-23(19)35)28(29,30)31)25-24(26(36)33-27(25)37)20-15-32-22-9-6-5-8-18(20)22/h5-6,8-11,14-16,32H,3-4,7,12-13H2,1-2H3,(H,33,36,37). The van der Waals surface area contributed by atoms with Gasteiger partial charge >= 0.3 is 6.18 Å². The van der Waals surface area contributed by atoms with Gasteiger partial charge < -0.3 is 14.5 Å². The topological polar surface area (TPSA) is 70.1 Å². The van der Waals surface area contributed by atoms with Crippen LogP contribution in [0.5, 0.6) is 0 Å². The van der Waals surface area contributed by atoms with Gasteiger partial charge in [0.1, 0.15) is 0 Å². The number of benzene rings is 2. The molecule has 0 saturated carbocycles. The summed E-state index contributed by atoms with van der Waals surface area (Å²) in [6, 6.07) is 11.0. The average molecular weight is 509 g/mol. The Morgan fingerprint density at radius 1 is 0.919 bits per heavy atom. The van der Waals surface area contributed by atoms with Crippen LogP contribution >= 0.6 is 0 Å². The molecule has 0 aliphatic carbocycles. The second-order valence-corrected chi connectivity index (χ2v) is 9.13. The van der Waals surface area contributed by atoms with Crippen molar-refractivity contribution in [2.45, 2.75) is 33.0 Å². The fraction of sp³-hybridized carbons (Fsp3) is 0.286. The highest BCUT2D eigenvalue weighted by Crippen LogP contribution is 2.40. The number of carbonyl (C=O) groups is 2. The number of fused-ring (bicyclic) bond motifs is 2. The largest absolute Gasteiger partial charge is 0.416 e. The number of alkyl halides is 3. The molecule has 0 unspecified atom stereocenters. The highest BCUT2D eigenvalue weighted by atomic mass is 19.4. The minimum atomic E-state index is -4.50. The van der Waals surface area contributed by atoms with E-state index >= 15 is 0 Å². The summed E-state index contributed by atoms with van der Waals surface area (Å²) in [7, 11) is 0. The number of rotatable bonds is 8. The Morgan fingerprint density at radius 2 is 1.62 bits per heavy atom. The van der Waals surface area contributed by atoms with Crippen molar-refractivity contribution in [2.24, 2.45) is 0 Å². The minimum Gasteiger partial charge on any atom is -0.361 e. The molecule has 3 heterocycles. The first-order valence-electron chi connectivity index (χ1n) is 12.3. The maximum Gasteiger partial charge on any atom is 0.416 e. The summed E-state index contributed by atoms with van der Waals surface area (Å²) in [5, 5.41) is 3.66. The first kappa shape index (κ1) is 24.8. The van der Waals surface area contributed by atoms with E-state index in [0.29, 0.717) is 28.6 Å². The monoisotopic (exact) mass is 508 g/mol. The number of aryl methyl sites for hydroxylation is 1. The van der Waals surface area contributed by atoms with E-state index in [1.165, 1.54) is 6.07 Å². The molecule has 5 rings (SSSR count). The Balaban J connectivity index is 1.68. The number of amides is 2. The maximum atomic E-state index is 13.6. The van der Waals surface area contributed by atoms with Crippen LogP contribution in [0, 0.1) is 0 Å². The number of aromatic nitrogens is 2. The molecule has 0 fully saturated rings. The SMILES string of the molecule is CCN(CC)CCCn1cc(C2=C(c3c[nH]c4ccccc34)C(=O)NC2=O)c2ccc(C(F)(F)F)cc21. The summed E-state index contributed by atoms with van der Waals surface area (Å²) in [5.74, 6) is -1.09. The van der Waals surface area contributed by atoms with Crippen molar-refractivity contribution >= 4 is 44.8 Å². The molecular weight excluding hydrogens is 481 g/mol. The van der Waals surface area contributed by atoms with Crippen molar-refractivity contribution in [1.82, 2.24) is 19.8 Å². The third-order valence-electron chi connectivity index (χ3n) is 7.04. The van der Waals surface area contributed by atoms with Gasteiger partial charge in [0.05, 0.1) is 16.7 Å². The van der Waals surface area contributed by atoms with E-state index in [0.717, 1.165) is 49.1 Å². The molecule has 0 atom stereocenters. The number of carbonyl (C=O) groups excluding carboxylic acids is 2. The van der Waals surface area contributed by atoms with Gasteiger partial charge in [0, 0.05) is 51.9 Å². The Kier molecular flexibility index (Phi) is 6.41. The van der Waals surface area contributed by atoms with Crippen LogP contribution in [0.4, 0.5) is 13.2 Å². The van der Waals surface area contributed by atoms with Crippen LogP contribution in [0.1, 0.15) is 37.0 Å². The molecule has 0 spiro atoms. The lowest BCUT2D eigenvalue weighted by Crippen LogP contribution is -2.24. The van der Waals surface area contributed by atoms with Crippen LogP contribution < -0.4 is 5.32 Å². The minimum absolute atomic E-state index is 0.169. The lowest BCUT2D eigenvalue weighted by Gasteiger charge is -2.18. The summed E-state index contributed by atoms with van der Waals surface area (Å²) >= 11 is 0. The van der Waals surface area contributed by atoms with Gasteiger partial charge in [-0.25, -0.2) is 0 Å². The second-order valence-electron chi connectivity index (χ2n) is 9.13. The van der Waals surface area contributed by atoms with Gasteiger partial charge in [0.2, 0.25) is 0 Å². The van der Waals surface area contributed by atoms with E-state index in [1.54, 1.807) is 17.0 Å². The van der Waals surface area contributed by atoms with Crippen LogP contribution in [0.15, 0.2) is 54.9 Å². The first-order valence-corrected chi connectivity index (χ1v) is 12.3. The first-order chi connectivity index (χ1) is 17.7. The Morgan fingerprint density at radius 3 is 2.32 bits per heavy atom. The van der Waals surface area contributed by atoms with Crippen LogP contribution in [-0.4, -0.2) is 45.9 Å². The smallest absolute Gasteiger partial charge is 0.361 e. The Hall–Kier alpha value is -3.85. The molecule has 1 aliphatic heterocycles. The second kappa shape index (κ2) is 9.55. The van der Waals surface area contributed by atoms with Gasteiger partial charge in [-0.2, -0.15) is 13.2 Å². The lowest BCUT2D eigenvalue weighted by molar-refractivity contribution is -0.137. The summed E-state index contributed by atoms with van der Waals surface area (Å²) in [5.41, 5.74) is 1.82. The lowest BCUT2D eigenvalue weighted by atomic mass is 9.95. The highest BCUT2D eigenvalue weighted by molar-refractivity contribution is 6.50. The van der Waals surface area contributed by atoms with Crippen molar-refractivity contribution in [2.75, 3.05) is 19.6 Å². The summed E-state index contributed by atoms with van der Waals surface area (Å²) in [6.07, 6.45) is -0.390. The van der Waals surface area contributed by atoms with E-state index in [9.17, 15) is 22.8 Å². The number of hydrogen-bond donors (Lipinski definition) is 2. The van der Waals surface area contributed by atoms with Crippen molar-refractivity contribution in [3.8, 4) is 0 Å². The zero-order valence-electron chi connectivity index (χ0n) is 20.6. The van der Waals surface area contributed by atoms with Crippen molar-refractivity contribution in [3.63, 3.8) is 0 Å². The predicted molar refractivity (Wildman–Crippen MR) is 138 cm³/mol. The van der Waals surface area contributed by atoms with E-state index in [1.807, 2.05) is 24.3 Å². The van der Waals surface area contributed by atoms with Crippen LogP contribution in [0.2, 0.25) is 0 Å². The Bertz CT molecular complexity index is 1540. The van der Waals surface area contributed by atoms with E-state index in [4.69, 9.17) is 0 Å². The number of aromatic amines is 1. The molecule has 37 heavy (non-hydrogen) atoms. The number of halogens is 3. The summed E-state index contributed by atoms with van der Waals surface area (Å²) < 4.78 is 42.5. The number of nitrogens with one attached hydrogen (secondary N) is 2. The van der Waals surface area contributed by atoms with E-state index < -0.39 is 23.6 Å². The molecule has 2 N–H and O–H groups in total. The number of para-hydroxylation sites is 1. The molecule has 2 aromatic heterocycles. The zero-order valence-corrected chi connectivity index (χ0v) is 20.6. The molecule has 0 saturated heterocycles. The molecule has 4 aromatic rings. The zero-order chi connectivity index (χ0) is 26.3. The van der Waals surface area contributed by atoms with Crippen molar-refractivity contribution < 1.29 is 22.8 Å². The van der Waals surface area contributed by atoms with Crippen LogP contribution in [0.25, 0.3) is 33.0 Å². The quantitative estimate of drug-likeness (QED) is 0.312. The molecule has 1 aliphatic rings. The normalized spacial score (nSPS) is 14.5. The fourth-order valence-corrected chi connectivity index (χ4v) is 5.10. The van der Waals surface area contributed by atoms with Crippen LogP contribution in [-0.2, 0) is 22.3 Å². The maximum absolute atomic E-state index is 13.6. The molecule has 0 bridgehead atoms. The van der Waals surface area contributed by atoms with Crippen LogP contribution in [0.3, 0.4) is 0 Å². The predicted octanol–water partition coefficient (Wildman–Crippen LogP) is 5.44. The van der Waals surface area contributed by atoms with E-state index in [2.05, 4.69) is 29.0 Å². The fourth-order valence-electron chi connectivity index (χ4n) is 5.10. The van der Waals surface area contributed by atoms with Gasteiger partial charge in [-0.1, -0.05) is 38.1 Å². The molecule has 2 aromatic carbocycles. The molecule has 0 radical (unpaired) electrons. The third-order valence-corrected chi connectivity index (χ3v) is 7.04. The number of hydrogen-bond acceptors (Lipinski definition) is 3. The third kappa shape index (κ3) is 4.44. The van der Waals surface area contributed by atoms with Gasteiger partial charge in [-0.3, -0.25) is 14.9 Å². The van der Waals surface area contributed by atoms with Crippen molar-refractivity contribution in [1.29, 1.82) is 0 Å². The molecule has 6 nitrogen and oxygen atoms in total. The number of imide groups is 1. The molecule has 192 valence electrons. The van der Waals surface area contributed by atoms with E-state index in [-0.39, 0.29) is 11.1 Å².